The molecule has 2 heterocycles. The largest absolute Gasteiger partial charge is 0.481 e. The molecule has 0 radical (unpaired) electrons. The van der Waals surface area contributed by atoms with Crippen LogP contribution in [-0.4, -0.2) is 59.6 Å². The van der Waals surface area contributed by atoms with Gasteiger partial charge in [-0.05, 0) is 13.3 Å². The average Bonchev–Trinajstić information content (AvgIpc) is 2.54. The summed E-state index contributed by atoms with van der Waals surface area (Å²) in [7, 11) is 1.58. The highest BCUT2D eigenvalue weighted by Crippen LogP contribution is 2.17. The SMILES string of the molecule is CCCC(C)(N)C(=O)N1CCN(c2nccc(OC)n2)CC1.Cl. The monoisotopic (exact) mass is 343 g/mol. The zero-order valence-electron chi connectivity index (χ0n) is 14.0. The Morgan fingerprint density at radius 3 is 2.61 bits per heavy atom. The molecule has 0 aromatic carbocycles. The lowest BCUT2D eigenvalue weighted by molar-refractivity contribution is -0.137. The van der Waals surface area contributed by atoms with Crippen LogP contribution < -0.4 is 15.4 Å². The van der Waals surface area contributed by atoms with Crippen LogP contribution in [0, 0.1) is 0 Å². The number of carbonyl (C=O) groups is 1. The molecule has 7 nitrogen and oxygen atoms in total. The van der Waals surface area contributed by atoms with Crippen molar-refractivity contribution in [2.75, 3.05) is 38.2 Å². The van der Waals surface area contributed by atoms with E-state index in [2.05, 4.69) is 14.9 Å². The minimum Gasteiger partial charge on any atom is -0.481 e. The molecule has 1 aliphatic heterocycles. The van der Waals surface area contributed by atoms with Gasteiger partial charge in [-0.3, -0.25) is 4.79 Å². The van der Waals surface area contributed by atoms with Gasteiger partial charge in [-0.25, -0.2) is 4.98 Å². The number of hydrogen-bond donors (Lipinski definition) is 1. The highest BCUT2D eigenvalue weighted by Gasteiger charge is 2.33. The predicted molar refractivity (Wildman–Crippen MR) is 92.1 cm³/mol. The first-order chi connectivity index (χ1) is 10.5. The van der Waals surface area contributed by atoms with Crippen molar-refractivity contribution >= 4 is 24.3 Å². The van der Waals surface area contributed by atoms with E-state index in [1.54, 1.807) is 19.4 Å². The molecule has 1 aliphatic rings. The van der Waals surface area contributed by atoms with Crippen molar-refractivity contribution in [3.8, 4) is 5.88 Å². The molecule has 0 bridgehead atoms. The smallest absolute Gasteiger partial charge is 0.242 e. The molecule has 1 saturated heterocycles. The van der Waals surface area contributed by atoms with Crippen molar-refractivity contribution < 1.29 is 9.53 Å². The maximum Gasteiger partial charge on any atom is 0.242 e. The van der Waals surface area contributed by atoms with Crippen LogP contribution in [0.25, 0.3) is 0 Å². The van der Waals surface area contributed by atoms with Crippen molar-refractivity contribution in [2.45, 2.75) is 32.2 Å². The Balaban J connectivity index is 0.00000264. The van der Waals surface area contributed by atoms with Gasteiger partial charge in [0, 0.05) is 38.4 Å². The summed E-state index contributed by atoms with van der Waals surface area (Å²) < 4.78 is 5.12. The maximum atomic E-state index is 12.5. The lowest BCUT2D eigenvalue weighted by Gasteiger charge is -2.38. The Morgan fingerprint density at radius 1 is 1.39 bits per heavy atom. The lowest BCUT2D eigenvalue weighted by Crippen LogP contribution is -2.58. The van der Waals surface area contributed by atoms with Gasteiger partial charge in [-0.1, -0.05) is 13.3 Å². The van der Waals surface area contributed by atoms with Crippen molar-refractivity contribution in [3.63, 3.8) is 0 Å². The molecule has 1 atom stereocenters. The number of hydrogen-bond acceptors (Lipinski definition) is 6. The molecule has 130 valence electrons. The number of carbonyl (C=O) groups excluding carboxylic acids is 1. The van der Waals surface area contributed by atoms with Gasteiger partial charge in [0.15, 0.2) is 0 Å². The van der Waals surface area contributed by atoms with E-state index < -0.39 is 5.54 Å². The molecular formula is C15H26ClN5O2. The van der Waals surface area contributed by atoms with Crippen molar-refractivity contribution in [1.29, 1.82) is 0 Å². The van der Waals surface area contributed by atoms with E-state index in [-0.39, 0.29) is 18.3 Å². The number of amides is 1. The van der Waals surface area contributed by atoms with Crippen LogP contribution in [0.5, 0.6) is 5.88 Å². The standard InChI is InChI=1S/C15H25N5O2.ClH/c1-4-6-15(2,16)13(21)19-8-10-20(11-9-19)14-17-7-5-12(18-14)22-3;/h5,7H,4,6,8-11,16H2,1-3H3;1H. The summed E-state index contributed by atoms with van der Waals surface area (Å²) in [5, 5.41) is 0. The van der Waals surface area contributed by atoms with Gasteiger partial charge in [0.05, 0.1) is 12.6 Å². The second kappa shape index (κ2) is 8.31. The van der Waals surface area contributed by atoms with Crippen molar-refractivity contribution in [2.24, 2.45) is 5.73 Å². The fraction of sp³-hybridized carbons (Fsp3) is 0.667. The lowest BCUT2D eigenvalue weighted by atomic mass is 9.95. The van der Waals surface area contributed by atoms with E-state index in [0.29, 0.717) is 44.4 Å². The van der Waals surface area contributed by atoms with Crippen LogP contribution in [0.15, 0.2) is 12.3 Å². The molecule has 23 heavy (non-hydrogen) atoms. The number of halogens is 1. The van der Waals surface area contributed by atoms with E-state index in [4.69, 9.17) is 10.5 Å². The number of ether oxygens (including phenoxy) is 1. The minimum atomic E-state index is -0.774. The fourth-order valence-electron chi connectivity index (χ4n) is 2.70. The van der Waals surface area contributed by atoms with E-state index in [1.807, 2.05) is 18.7 Å². The van der Waals surface area contributed by atoms with Gasteiger partial charge in [-0.15, -0.1) is 12.4 Å². The van der Waals surface area contributed by atoms with Crippen molar-refractivity contribution in [1.82, 2.24) is 14.9 Å². The maximum absolute atomic E-state index is 12.5. The van der Waals surface area contributed by atoms with Gasteiger partial charge in [0.1, 0.15) is 0 Å². The van der Waals surface area contributed by atoms with E-state index in [1.165, 1.54) is 0 Å². The van der Waals surface area contributed by atoms with Crippen molar-refractivity contribution in [3.05, 3.63) is 12.3 Å². The van der Waals surface area contributed by atoms with Crippen LogP contribution in [0.2, 0.25) is 0 Å². The van der Waals surface area contributed by atoms with Crippen LogP contribution >= 0.6 is 12.4 Å². The Labute approximate surface area is 143 Å². The molecule has 0 spiro atoms. The topological polar surface area (TPSA) is 84.6 Å². The highest BCUT2D eigenvalue weighted by molar-refractivity contribution is 5.86. The summed E-state index contributed by atoms with van der Waals surface area (Å²) in [4.78, 5) is 25.0. The zero-order valence-corrected chi connectivity index (χ0v) is 14.8. The zero-order chi connectivity index (χ0) is 16.2. The van der Waals surface area contributed by atoms with Crippen LogP contribution in [0.3, 0.4) is 0 Å². The summed E-state index contributed by atoms with van der Waals surface area (Å²) in [6, 6.07) is 1.72. The Bertz CT molecular complexity index is 518. The Morgan fingerprint density at radius 2 is 2.04 bits per heavy atom. The Kier molecular flexibility index (Phi) is 7.02. The van der Waals surface area contributed by atoms with Crippen LogP contribution in [0.4, 0.5) is 5.95 Å². The number of aromatic nitrogens is 2. The van der Waals surface area contributed by atoms with Crippen LogP contribution in [0.1, 0.15) is 26.7 Å². The summed E-state index contributed by atoms with van der Waals surface area (Å²) in [5.41, 5.74) is 5.36. The molecule has 0 aliphatic carbocycles. The van der Waals surface area contributed by atoms with E-state index >= 15 is 0 Å². The average molecular weight is 344 g/mol. The minimum absolute atomic E-state index is 0. The molecule has 1 amide bonds. The van der Waals surface area contributed by atoms with Gasteiger partial charge in [0.2, 0.25) is 17.7 Å². The van der Waals surface area contributed by atoms with Gasteiger partial charge in [-0.2, -0.15) is 4.98 Å². The second-order valence-electron chi connectivity index (χ2n) is 5.85. The molecule has 2 rings (SSSR count). The van der Waals surface area contributed by atoms with Gasteiger partial charge < -0.3 is 20.3 Å². The fourth-order valence-corrected chi connectivity index (χ4v) is 2.70. The second-order valence-corrected chi connectivity index (χ2v) is 5.85. The Hall–Kier alpha value is -1.60. The summed E-state index contributed by atoms with van der Waals surface area (Å²) in [5.74, 6) is 1.21. The molecule has 1 fully saturated rings. The van der Waals surface area contributed by atoms with Gasteiger partial charge in [0.25, 0.3) is 0 Å². The molecule has 2 N–H and O–H groups in total. The number of rotatable bonds is 5. The number of anilines is 1. The number of nitrogens with zero attached hydrogens (tertiary/aromatic N) is 4. The number of methoxy groups -OCH3 is 1. The molecule has 1 aromatic rings. The molecule has 1 unspecified atom stereocenters. The third-order valence-corrected chi connectivity index (χ3v) is 3.93. The quantitative estimate of drug-likeness (QED) is 0.861. The number of nitrogens with two attached hydrogens (primary N) is 1. The number of piperazine rings is 1. The third kappa shape index (κ3) is 4.68. The first-order valence-corrected chi connectivity index (χ1v) is 7.68. The van der Waals surface area contributed by atoms with E-state index in [0.717, 1.165) is 6.42 Å². The first kappa shape index (κ1) is 19.4. The normalized spacial score (nSPS) is 17.2. The summed E-state index contributed by atoms with van der Waals surface area (Å²) in [6.45, 7) is 6.51. The summed E-state index contributed by atoms with van der Waals surface area (Å²) in [6.07, 6.45) is 3.28. The van der Waals surface area contributed by atoms with Crippen LogP contribution in [-0.2, 0) is 4.79 Å². The molecule has 8 heteroatoms. The molecule has 0 saturated carbocycles. The molecular weight excluding hydrogens is 318 g/mol. The predicted octanol–water partition coefficient (Wildman–Crippen LogP) is 1.07. The highest BCUT2D eigenvalue weighted by atomic mass is 35.5. The molecule has 1 aromatic heterocycles. The van der Waals surface area contributed by atoms with Gasteiger partial charge >= 0.3 is 0 Å². The third-order valence-electron chi connectivity index (χ3n) is 3.93. The summed E-state index contributed by atoms with van der Waals surface area (Å²) >= 11 is 0. The van der Waals surface area contributed by atoms with E-state index in [9.17, 15) is 4.79 Å². The first-order valence-electron chi connectivity index (χ1n) is 7.68.